The molecule has 6 N–H and O–H groups in total. The van der Waals surface area contributed by atoms with E-state index in [2.05, 4.69) is 0 Å². The Kier molecular flexibility index (Phi) is 24.2. The first kappa shape index (κ1) is 40.0. The molecule has 32 heavy (non-hydrogen) atoms. The molecule has 0 aliphatic rings. The molecule has 0 aromatic rings. The first-order valence-corrected chi connectivity index (χ1v) is 6.73. The fourth-order valence-electron chi connectivity index (χ4n) is 0.773. The molecular weight excluding hydrogens is 544 g/mol. The number of aliphatic hydroxyl groups excluding tert-OH is 6. The summed E-state index contributed by atoms with van der Waals surface area (Å²) >= 11 is 0. The Morgan fingerprint density at radius 3 is 0.438 bits per heavy atom. The van der Waals surface area contributed by atoms with Crippen molar-refractivity contribution in [1.82, 2.24) is 0 Å². The maximum absolute atomic E-state index is 9.63. The van der Waals surface area contributed by atoms with Crippen LogP contribution >= 0.6 is 0 Å². The number of aliphatic hydroxyl groups is 6. The zero-order valence-electron chi connectivity index (χ0n) is 14.8. The molecule has 4 unspecified atom stereocenters. The molecule has 0 fully saturated rings. The number of rotatable bonds is 9. The molecule has 0 rings (SSSR count). The Bertz CT molecular complexity index is 498. The molecule has 2 radical (unpaired) electrons. The third-order valence-corrected chi connectivity index (χ3v) is 2.35. The molecule has 0 aliphatic heterocycles. The molecule has 20 heteroatoms. The SMILES string of the molecule is O=C([O-])C(O)C(O)C(=O)[O-].O=C([O-])C(O)C(O)C(=O)[O-].O=C([O-])[C@H](O)[C@@H](O)C(=O)[O-].[Fe+3].[Fe+3]. The second-order valence-electron chi connectivity index (χ2n) is 4.58. The van der Waals surface area contributed by atoms with E-state index in [-0.39, 0.29) is 34.1 Å². The summed E-state index contributed by atoms with van der Waals surface area (Å²) < 4.78 is 0. The number of hydrogen-bond acceptors (Lipinski definition) is 18. The fraction of sp³-hybridized carbons (Fsp3) is 0.500. The largest absolute Gasteiger partial charge is 3.00 e. The van der Waals surface area contributed by atoms with E-state index >= 15 is 0 Å². The molecule has 0 spiro atoms. The second kappa shape index (κ2) is 19.3. The Hall–Kier alpha value is -2.38. The third kappa shape index (κ3) is 17.3. The van der Waals surface area contributed by atoms with Gasteiger partial charge in [-0.05, 0) is 0 Å². The molecule has 0 saturated carbocycles. The number of carboxylic acid groups (broad SMARTS) is 6. The van der Waals surface area contributed by atoms with Gasteiger partial charge in [-0.1, -0.05) is 0 Å². The molecule has 0 aromatic carbocycles. The second-order valence-corrected chi connectivity index (χ2v) is 4.58. The Labute approximate surface area is 196 Å². The summed E-state index contributed by atoms with van der Waals surface area (Å²) in [5.74, 6) is -12.4. The number of carbonyl (C=O) groups excluding carboxylic acids is 6. The van der Waals surface area contributed by atoms with Crippen LogP contribution in [-0.4, -0.2) is 103 Å². The molecule has 0 amide bonds. The number of hydrogen-bond donors (Lipinski definition) is 6. The minimum atomic E-state index is -2.44. The molecule has 18 nitrogen and oxygen atoms in total. The third-order valence-electron chi connectivity index (χ3n) is 2.35. The molecular formula is C12H12Fe2O18. The van der Waals surface area contributed by atoms with Crippen LogP contribution in [0.25, 0.3) is 0 Å². The summed E-state index contributed by atoms with van der Waals surface area (Å²) in [6.07, 6.45) is -14.6. The van der Waals surface area contributed by atoms with Gasteiger partial charge in [0.1, 0.15) is 36.6 Å². The summed E-state index contributed by atoms with van der Waals surface area (Å²) in [7, 11) is 0. The number of aliphatic carboxylic acids is 6. The minimum absolute atomic E-state index is 0. The van der Waals surface area contributed by atoms with Gasteiger partial charge >= 0.3 is 34.1 Å². The van der Waals surface area contributed by atoms with Crippen LogP contribution < -0.4 is 30.6 Å². The molecule has 6 atom stereocenters. The van der Waals surface area contributed by atoms with E-state index in [1.165, 1.54) is 0 Å². The van der Waals surface area contributed by atoms with E-state index < -0.39 is 72.4 Å². The summed E-state index contributed by atoms with van der Waals surface area (Å²) in [5.41, 5.74) is 0. The van der Waals surface area contributed by atoms with E-state index in [1.54, 1.807) is 0 Å². The van der Waals surface area contributed by atoms with Crippen LogP contribution in [0.2, 0.25) is 0 Å². The molecule has 0 aliphatic carbocycles. The quantitative estimate of drug-likeness (QED) is 0.144. The molecule has 184 valence electrons. The predicted octanol–water partition coefficient (Wildman–Crippen LogP) is -14.4. The van der Waals surface area contributed by atoms with Gasteiger partial charge in [0.05, 0.1) is 35.8 Å². The van der Waals surface area contributed by atoms with Crippen molar-refractivity contribution in [1.29, 1.82) is 0 Å². The topological polar surface area (TPSA) is 362 Å². The van der Waals surface area contributed by atoms with E-state index in [0.29, 0.717) is 0 Å². The monoisotopic (exact) mass is 556 g/mol. The van der Waals surface area contributed by atoms with Crippen molar-refractivity contribution in [2.24, 2.45) is 0 Å². The average molecular weight is 556 g/mol. The summed E-state index contributed by atoms with van der Waals surface area (Å²) in [6, 6.07) is 0. The van der Waals surface area contributed by atoms with Crippen LogP contribution in [0.15, 0.2) is 0 Å². The summed E-state index contributed by atoms with van der Waals surface area (Å²) in [4.78, 5) is 57.8. The first-order chi connectivity index (χ1) is 13.4. The van der Waals surface area contributed by atoms with Crippen molar-refractivity contribution in [3.8, 4) is 0 Å². The van der Waals surface area contributed by atoms with Gasteiger partial charge in [0.25, 0.3) is 0 Å². The standard InChI is InChI=1S/3C4H6O6.2Fe/c3*5-1(3(7)8)2(6)4(9)10;;/h3*1-2,5-6H,(H,7,8)(H,9,10);;/q;;;2*+3/p-6/t1-,2-;;;;/m1..../s1. The Morgan fingerprint density at radius 1 is 0.344 bits per heavy atom. The van der Waals surface area contributed by atoms with E-state index in [1.807, 2.05) is 0 Å². The number of carbonyl (C=O) groups is 6. The normalized spacial score (nSPS) is 14.8. The van der Waals surface area contributed by atoms with Crippen LogP contribution in [0.3, 0.4) is 0 Å². The smallest absolute Gasteiger partial charge is 0.547 e. The average Bonchev–Trinajstić information content (AvgIpc) is 2.64. The van der Waals surface area contributed by atoms with Crippen molar-refractivity contribution >= 4 is 35.8 Å². The van der Waals surface area contributed by atoms with Crippen LogP contribution in [0.1, 0.15) is 0 Å². The van der Waals surface area contributed by atoms with Gasteiger partial charge in [0.2, 0.25) is 0 Å². The predicted molar refractivity (Wildman–Crippen MR) is 66.1 cm³/mol. The van der Waals surface area contributed by atoms with Crippen LogP contribution in [0, 0.1) is 0 Å². The summed E-state index contributed by atoms with van der Waals surface area (Å²) in [5, 5.41) is 107. The van der Waals surface area contributed by atoms with Crippen molar-refractivity contribution in [2.45, 2.75) is 36.6 Å². The maximum atomic E-state index is 9.63. The van der Waals surface area contributed by atoms with Gasteiger partial charge in [-0.2, -0.15) is 0 Å². The van der Waals surface area contributed by atoms with Crippen LogP contribution in [-0.2, 0) is 62.9 Å². The molecule has 0 saturated heterocycles. The molecule has 0 heterocycles. The van der Waals surface area contributed by atoms with Gasteiger partial charge in [0.15, 0.2) is 0 Å². The zero-order chi connectivity index (χ0) is 24.9. The van der Waals surface area contributed by atoms with E-state index in [9.17, 15) is 59.4 Å². The first-order valence-electron chi connectivity index (χ1n) is 6.73. The van der Waals surface area contributed by atoms with Gasteiger partial charge in [-0.15, -0.1) is 0 Å². The van der Waals surface area contributed by atoms with Gasteiger partial charge in [-0.3, -0.25) is 0 Å². The maximum Gasteiger partial charge on any atom is 3.00 e. The van der Waals surface area contributed by atoms with Gasteiger partial charge in [0, 0.05) is 0 Å². The zero-order valence-corrected chi connectivity index (χ0v) is 17.0. The van der Waals surface area contributed by atoms with Gasteiger partial charge < -0.3 is 90.0 Å². The van der Waals surface area contributed by atoms with E-state index in [0.717, 1.165) is 0 Å². The van der Waals surface area contributed by atoms with Crippen molar-refractivity contribution in [2.75, 3.05) is 0 Å². The molecule has 0 aromatic heterocycles. The minimum Gasteiger partial charge on any atom is -0.547 e. The fourth-order valence-corrected chi connectivity index (χ4v) is 0.773. The van der Waals surface area contributed by atoms with Gasteiger partial charge in [-0.25, -0.2) is 0 Å². The van der Waals surface area contributed by atoms with Crippen molar-refractivity contribution in [3.63, 3.8) is 0 Å². The van der Waals surface area contributed by atoms with Crippen LogP contribution in [0.4, 0.5) is 0 Å². The van der Waals surface area contributed by atoms with Crippen LogP contribution in [0.5, 0.6) is 0 Å². The molecule has 0 bridgehead atoms. The Balaban J connectivity index is -0.000000110. The number of carboxylic acids is 6. The Morgan fingerprint density at radius 2 is 0.406 bits per heavy atom. The van der Waals surface area contributed by atoms with E-state index in [4.69, 9.17) is 30.6 Å². The summed E-state index contributed by atoms with van der Waals surface area (Å²) in [6.45, 7) is 0. The van der Waals surface area contributed by atoms with Crippen molar-refractivity contribution in [3.05, 3.63) is 0 Å². The van der Waals surface area contributed by atoms with Crippen molar-refractivity contribution < 1.29 is 124 Å².